The lowest BCUT2D eigenvalue weighted by Gasteiger charge is -2.17. The summed E-state index contributed by atoms with van der Waals surface area (Å²) in [6.07, 6.45) is 1.54. The molecule has 3 atom stereocenters. The van der Waals surface area contributed by atoms with Gasteiger partial charge in [-0.3, -0.25) is 9.59 Å². The smallest absolute Gasteiger partial charge is 0.330 e. The molecule has 0 amide bonds. The van der Waals surface area contributed by atoms with E-state index in [1.807, 2.05) is 0 Å². The molecule has 0 bridgehead atoms. The molecule has 2 unspecified atom stereocenters. The molecule has 1 aliphatic rings. The van der Waals surface area contributed by atoms with Gasteiger partial charge in [-0.25, -0.2) is 4.79 Å². The van der Waals surface area contributed by atoms with Gasteiger partial charge in [-0.05, 0) is 19.4 Å². The maximum Gasteiger partial charge on any atom is 0.330 e. The third-order valence-corrected chi connectivity index (χ3v) is 4.40. The Hall–Kier alpha value is -1.66. The van der Waals surface area contributed by atoms with Crippen LogP contribution in [0.1, 0.15) is 30.1 Å². The Labute approximate surface area is 134 Å². The Morgan fingerprint density at radius 2 is 1.95 bits per heavy atom. The molecule has 1 N–H and O–H groups in total. The van der Waals surface area contributed by atoms with E-state index < -0.39 is 29.1 Å². The van der Waals surface area contributed by atoms with Crippen LogP contribution in [0, 0.1) is 5.92 Å². The van der Waals surface area contributed by atoms with Crippen LogP contribution in [0.4, 0.5) is 0 Å². The number of rotatable bonds is 5. The van der Waals surface area contributed by atoms with Gasteiger partial charge in [0.15, 0.2) is 5.78 Å². The van der Waals surface area contributed by atoms with E-state index in [1.165, 1.54) is 6.92 Å². The number of carbonyl (C=O) groups excluding carboxylic acids is 3. The van der Waals surface area contributed by atoms with E-state index in [1.54, 1.807) is 30.3 Å². The Balaban J connectivity index is 1.94. The molecule has 1 heterocycles. The van der Waals surface area contributed by atoms with Crippen LogP contribution in [0.25, 0.3) is 0 Å². The van der Waals surface area contributed by atoms with Gasteiger partial charge in [0.1, 0.15) is 6.04 Å². The molecule has 1 aromatic rings. The molecular weight excluding hydrogens is 302 g/mol. The van der Waals surface area contributed by atoms with Crippen LogP contribution in [-0.4, -0.2) is 35.6 Å². The van der Waals surface area contributed by atoms with Gasteiger partial charge in [0, 0.05) is 5.56 Å². The van der Waals surface area contributed by atoms with Crippen LogP contribution in [0.2, 0.25) is 0 Å². The fourth-order valence-electron chi connectivity index (χ4n) is 2.28. The Morgan fingerprint density at radius 3 is 2.55 bits per heavy atom. The van der Waals surface area contributed by atoms with Crippen molar-refractivity contribution in [3.63, 3.8) is 0 Å². The molecule has 6 heteroatoms. The van der Waals surface area contributed by atoms with Crippen molar-refractivity contribution in [1.82, 2.24) is 5.32 Å². The summed E-state index contributed by atoms with van der Waals surface area (Å²) < 4.78 is 4.86. The second-order valence-electron chi connectivity index (χ2n) is 5.35. The number of ketones is 1. The Kier molecular flexibility index (Phi) is 5.74. The number of esters is 2. The summed E-state index contributed by atoms with van der Waals surface area (Å²) in [5.74, 6) is -2.37. The van der Waals surface area contributed by atoms with E-state index in [9.17, 15) is 14.4 Å². The van der Waals surface area contributed by atoms with Crippen molar-refractivity contribution in [3.05, 3.63) is 35.9 Å². The topological polar surface area (TPSA) is 72.5 Å². The van der Waals surface area contributed by atoms with Gasteiger partial charge in [-0.2, -0.15) is 12.6 Å². The molecule has 0 saturated carbocycles. The Bertz CT molecular complexity index is 555. The normalized spacial score (nSPS) is 20.2. The third-order valence-electron chi connectivity index (χ3n) is 3.72. The molecule has 1 saturated heterocycles. The molecule has 118 valence electrons. The average Bonchev–Trinajstić information content (AvgIpc) is 3.08. The molecule has 2 rings (SSSR count). The molecular formula is C16H19NO4S. The van der Waals surface area contributed by atoms with Crippen molar-refractivity contribution in [2.24, 2.45) is 5.92 Å². The number of nitrogens with one attached hydrogen (secondary N) is 1. The molecule has 1 aliphatic heterocycles. The highest BCUT2D eigenvalue weighted by Gasteiger charge is 2.32. The summed E-state index contributed by atoms with van der Waals surface area (Å²) in [7, 11) is 0. The summed E-state index contributed by atoms with van der Waals surface area (Å²) in [6, 6.07) is 8.18. The lowest BCUT2D eigenvalue weighted by Crippen LogP contribution is -2.37. The van der Waals surface area contributed by atoms with E-state index >= 15 is 0 Å². The molecule has 1 fully saturated rings. The third kappa shape index (κ3) is 3.96. The van der Waals surface area contributed by atoms with Gasteiger partial charge in [-0.1, -0.05) is 37.3 Å². The van der Waals surface area contributed by atoms with E-state index in [4.69, 9.17) is 4.74 Å². The molecule has 0 aromatic heterocycles. The van der Waals surface area contributed by atoms with Crippen molar-refractivity contribution in [3.8, 4) is 0 Å². The average molecular weight is 321 g/mol. The second kappa shape index (κ2) is 7.56. The van der Waals surface area contributed by atoms with Crippen molar-refractivity contribution < 1.29 is 19.1 Å². The lowest BCUT2D eigenvalue weighted by molar-refractivity contribution is -0.163. The minimum Gasteiger partial charge on any atom is -0.392 e. The van der Waals surface area contributed by atoms with Crippen molar-refractivity contribution >= 4 is 30.4 Å². The van der Waals surface area contributed by atoms with Crippen molar-refractivity contribution in [2.45, 2.75) is 31.1 Å². The van der Waals surface area contributed by atoms with E-state index in [-0.39, 0.29) is 5.78 Å². The first-order valence-electron chi connectivity index (χ1n) is 7.27. The van der Waals surface area contributed by atoms with Gasteiger partial charge < -0.3 is 10.1 Å². The van der Waals surface area contributed by atoms with Crippen LogP contribution in [-0.2, 0) is 14.3 Å². The zero-order valence-corrected chi connectivity index (χ0v) is 13.2. The minimum atomic E-state index is -0.848. The highest BCUT2D eigenvalue weighted by atomic mass is 32.1. The zero-order chi connectivity index (χ0) is 16.1. The quantitative estimate of drug-likeness (QED) is 0.373. The van der Waals surface area contributed by atoms with Gasteiger partial charge in [0.2, 0.25) is 0 Å². The van der Waals surface area contributed by atoms with Crippen LogP contribution in [0.3, 0.4) is 0 Å². The number of benzene rings is 1. The SMILES string of the molecule is CC(C(=O)OC(=O)[C@@H]1CCCN1)C(S)C(=O)c1ccccc1. The van der Waals surface area contributed by atoms with E-state index in [0.29, 0.717) is 12.0 Å². The molecule has 1 aromatic carbocycles. The fraction of sp³-hybridized carbons (Fsp3) is 0.438. The van der Waals surface area contributed by atoms with Crippen LogP contribution < -0.4 is 5.32 Å². The van der Waals surface area contributed by atoms with Crippen molar-refractivity contribution in [2.75, 3.05) is 6.54 Å². The number of hydrogen-bond donors (Lipinski definition) is 2. The predicted octanol–water partition coefficient (Wildman–Crippen LogP) is 1.63. The van der Waals surface area contributed by atoms with Gasteiger partial charge in [-0.15, -0.1) is 0 Å². The summed E-state index contributed by atoms with van der Waals surface area (Å²) in [6.45, 7) is 2.28. The van der Waals surface area contributed by atoms with Crippen LogP contribution in [0.5, 0.6) is 0 Å². The number of carbonyl (C=O) groups is 3. The fourth-order valence-corrected chi connectivity index (χ4v) is 2.55. The predicted molar refractivity (Wildman–Crippen MR) is 84.8 cm³/mol. The first kappa shape index (κ1) is 16.7. The zero-order valence-electron chi connectivity index (χ0n) is 12.3. The first-order chi connectivity index (χ1) is 10.5. The minimum absolute atomic E-state index is 0.264. The first-order valence-corrected chi connectivity index (χ1v) is 7.78. The monoisotopic (exact) mass is 321 g/mol. The number of thiol groups is 1. The number of ether oxygens (including phenoxy) is 1. The van der Waals surface area contributed by atoms with Gasteiger partial charge >= 0.3 is 11.9 Å². The summed E-state index contributed by atoms with van der Waals surface area (Å²) in [5, 5.41) is 2.12. The van der Waals surface area contributed by atoms with E-state index in [2.05, 4.69) is 17.9 Å². The molecule has 0 aliphatic carbocycles. The summed E-state index contributed by atoms with van der Waals surface area (Å²) in [4.78, 5) is 36.1. The molecule has 0 radical (unpaired) electrons. The summed E-state index contributed by atoms with van der Waals surface area (Å²) in [5.41, 5.74) is 0.478. The maximum atomic E-state index is 12.3. The van der Waals surface area contributed by atoms with Gasteiger partial charge in [0.25, 0.3) is 0 Å². The molecule has 0 spiro atoms. The number of Topliss-reactive ketones (excluding diaryl/α,β-unsaturated/α-hetero) is 1. The highest BCUT2D eigenvalue weighted by Crippen LogP contribution is 2.18. The number of hydrogen-bond acceptors (Lipinski definition) is 6. The second-order valence-corrected chi connectivity index (χ2v) is 5.91. The maximum absolute atomic E-state index is 12.3. The molecule has 5 nitrogen and oxygen atoms in total. The molecule has 22 heavy (non-hydrogen) atoms. The summed E-state index contributed by atoms with van der Waals surface area (Å²) >= 11 is 4.23. The standard InChI is InChI=1S/C16H19NO4S/c1-10(14(22)13(18)11-6-3-2-4-7-11)15(19)21-16(20)12-8-5-9-17-12/h2-4,6-7,10,12,14,17,22H,5,8-9H2,1H3/t10?,12-,14?/m0/s1. The van der Waals surface area contributed by atoms with Gasteiger partial charge in [0.05, 0.1) is 11.2 Å². The van der Waals surface area contributed by atoms with E-state index in [0.717, 1.165) is 13.0 Å². The van der Waals surface area contributed by atoms with Crippen molar-refractivity contribution in [1.29, 1.82) is 0 Å². The highest BCUT2D eigenvalue weighted by molar-refractivity contribution is 7.81. The van der Waals surface area contributed by atoms with Crippen LogP contribution in [0.15, 0.2) is 30.3 Å². The largest absolute Gasteiger partial charge is 0.392 e. The lowest BCUT2D eigenvalue weighted by atomic mass is 9.99. The Morgan fingerprint density at radius 1 is 1.27 bits per heavy atom. The van der Waals surface area contributed by atoms with Crippen LogP contribution >= 0.6 is 12.6 Å².